The summed E-state index contributed by atoms with van der Waals surface area (Å²) in [5.41, 5.74) is 0.293. The summed E-state index contributed by atoms with van der Waals surface area (Å²) in [6.45, 7) is 0.197. The average Bonchev–Trinajstić information content (AvgIpc) is 3.27. The van der Waals surface area contributed by atoms with Crippen LogP contribution in [-0.4, -0.2) is 35.0 Å². The number of nitrogens with zero attached hydrogens (tertiary/aromatic N) is 2. The van der Waals surface area contributed by atoms with Crippen LogP contribution in [0, 0.1) is 0 Å². The number of carbonyl (C=O) groups excluding carboxylic acids is 2. The molecule has 2 N–H and O–H groups in total. The number of hydrogen-bond acceptors (Lipinski definition) is 7. The zero-order chi connectivity index (χ0) is 20.9. The molecule has 0 aliphatic rings. The van der Waals surface area contributed by atoms with Gasteiger partial charge in [0.25, 0.3) is 5.91 Å². The van der Waals surface area contributed by atoms with Gasteiger partial charge in [0.15, 0.2) is 0 Å². The van der Waals surface area contributed by atoms with Crippen molar-refractivity contribution in [2.75, 3.05) is 13.1 Å². The summed E-state index contributed by atoms with van der Waals surface area (Å²) in [7, 11) is 0. The molecular weight excluding hydrogens is 388 g/mol. The van der Waals surface area contributed by atoms with Crippen LogP contribution in [0.25, 0.3) is 22.4 Å². The Morgan fingerprint density at radius 1 is 0.900 bits per heavy atom. The summed E-state index contributed by atoms with van der Waals surface area (Å²) < 4.78 is 10.1. The van der Waals surface area contributed by atoms with Gasteiger partial charge < -0.3 is 19.6 Å². The summed E-state index contributed by atoms with van der Waals surface area (Å²) >= 11 is 0. The van der Waals surface area contributed by atoms with Crippen LogP contribution in [0.1, 0.15) is 21.0 Å². The molecule has 2 amide bonds. The highest BCUT2D eigenvalue weighted by Gasteiger charge is 2.16. The van der Waals surface area contributed by atoms with Crippen LogP contribution in [0.4, 0.5) is 0 Å². The molecule has 30 heavy (non-hydrogen) atoms. The lowest BCUT2D eigenvalue weighted by Crippen LogP contribution is -2.36. The standard InChI is InChI=1S/C21H16N4O5/c26-18(15-12-14-8-4-5-9-16(14)29-21(15)28)22-10-11-23-19(27)20-24-17(25-30-20)13-6-2-1-3-7-13/h1-9,12H,10-11H2,(H,22,26)(H,23,27). The molecule has 0 atom stereocenters. The molecule has 9 nitrogen and oxygen atoms in total. The highest BCUT2D eigenvalue weighted by molar-refractivity contribution is 5.96. The van der Waals surface area contributed by atoms with E-state index >= 15 is 0 Å². The lowest BCUT2D eigenvalue weighted by atomic mass is 10.2. The van der Waals surface area contributed by atoms with E-state index in [1.54, 1.807) is 36.4 Å². The zero-order valence-corrected chi connectivity index (χ0v) is 15.6. The Balaban J connectivity index is 1.31. The van der Waals surface area contributed by atoms with Gasteiger partial charge in [-0.15, -0.1) is 0 Å². The maximum atomic E-state index is 12.3. The second-order valence-electron chi connectivity index (χ2n) is 6.29. The zero-order valence-electron chi connectivity index (χ0n) is 15.6. The number of fused-ring (bicyclic) bond motifs is 1. The summed E-state index contributed by atoms with van der Waals surface area (Å²) in [5.74, 6) is -1.04. The van der Waals surface area contributed by atoms with Crippen LogP contribution in [0.2, 0.25) is 0 Å². The van der Waals surface area contributed by atoms with E-state index in [0.717, 1.165) is 5.56 Å². The molecule has 9 heteroatoms. The number of hydrogen-bond donors (Lipinski definition) is 2. The van der Waals surface area contributed by atoms with Crippen LogP contribution in [0.5, 0.6) is 0 Å². The molecular formula is C21H16N4O5. The third kappa shape index (κ3) is 4.09. The van der Waals surface area contributed by atoms with Crippen molar-refractivity contribution in [1.82, 2.24) is 20.8 Å². The molecule has 0 spiro atoms. The second kappa shape index (κ2) is 8.39. The van der Waals surface area contributed by atoms with Gasteiger partial charge in [-0.2, -0.15) is 4.98 Å². The van der Waals surface area contributed by atoms with Crippen molar-refractivity contribution in [1.29, 1.82) is 0 Å². The Morgan fingerprint density at radius 3 is 2.40 bits per heavy atom. The fourth-order valence-electron chi connectivity index (χ4n) is 2.76. The van der Waals surface area contributed by atoms with Gasteiger partial charge in [-0.25, -0.2) is 4.79 Å². The van der Waals surface area contributed by atoms with E-state index in [2.05, 4.69) is 20.8 Å². The predicted molar refractivity (Wildman–Crippen MR) is 107 cm³/mol. The largest absolute Gasteiger partial charge is 0.422 e. The van der Waals surface area contributed by atoms with Gasteiger partial charge in [-0.05, 0) is 12.1 Å². The van der Waals surface area contributed by atoms with E-state index in [1.807, 2.05) is 18.2 Å². The van der Waals surface area contributed by atoms with E-state index in [1.165, 1.54) is 6.07 Å². The molecule has 4 aromatic rings. The Kier molecular flexibility index (Phi) is 5.33. The number of benzene rings is 2. The van der Waals surface area contributed by atoms with Crippen molar-refractivity contribution in [2.45, 2.75) is 0 Å². The molecule has 0 saturated heterocycles. The van der Waals surface area contributed by atoms with Crippen LogP contribution in [0.3, 0.4) is 0 Å². The summed E-state index contributed by atoms with van der Waals surface area (Å²) in [6, 6.07) is 17.5. The average molecular weight is 404 g/mol. The first-order valence-corrected chi connectivity index (χ1v) is 9.10. The molecule has 0 radical (unpaired) electrons. The van der Waals surface area contributed by atoms with Crippen molar-refractivity contribution < 1.29 is 18.5 Å². The third-order valence-corrected chi connectivity index (χ3v) is 4.23. The Bertz CT molecular complexity index is 1260. The highest BCUT2D eigenvalue weighted by atomic mass is 16.5. The number of rotatable bonds is 6. The van der Waals surface area contributed by atoms with Gasteiger partial charge >= 0.3 is 17.4 Å². The third-order valence-electron chi connectivity index (χ3n) is 4.23. The molecule has 4 rings (SSSR count). The van der Waals surface area contributed by atoms with E-state index in [4.69, 9.17) is 8.94 Å². The molecule has 0 saturated carbocycles. The topological polar surface area (TPSA) is 127 Å². The summed E-state index contributed by atoms with van der Waals surface area (Å²) in [5, 5.41) is 9.54. The van der Waals surface area contributed by atoms with Gasteiger partial charge in [0.1, 0.15) is 11.1 Å². The van der Waals surface area contributed by atoms with Crippen molar-refractivity contribution >= 4 is 22.8 Å². The number of aromatic nitrogens is 2. The number of amides is 2. The minimum absolute atomic E-state index is 0.0938. The second-order valence-corrected chi connectivity index (χ2v) is 6.29. The van der Waals surface area contributed by atoms with E-state index in [-0.39, 0.29) is 24.5 Å². The Labute approximate surface area is 169 Å². The number of nitrogens with one attached hydrogen (secondary N) is 2. The molecule has 2 aromatic heterocycles. The van der Waals surface area contributed by atoms with Gasteiger partial charge in [0.05, 0.1) is 0 Å². The molecule has 0 fully saturated rings. The summed E-state index contributed by atoms with van der Waals surface area (Å²) in [6.07, 6.45) is 0. The fraction of sp³-hybridized carbons (Fsp3) is 0.0952. The number of carbonyl (C=O) groups is 2. The first kappa shape index (κ1) is 19.1. The Hall–Kier alpha value is -4.27. The van der Waals surface area contributed by atoms with Gasteiger partial charge in [0, 0.05) is 24.0 Å². The molecule has 0 bridgehead atoms. The molecule has 150 valence electrons. The molecule has 2 aromatic carbocycles. The Morgan fingerprint density at radius 2 is 1.60 bits per heavy atom. The van der Waals surface area contributed by atoms with Crippen LogP contribution in [0.15, 0.2) is 74.4 Å². The minimum Gasteiger partial charge on any atom is -0.422 e. The molecule has 0 unspecified atom stereocenters. The van der Waals surface area contributed by atoms with Crippen molar-refractivity contribution in [3.63, 3.8) is 0 Å². The molecule has 0 aliphatic carbocycles. The smallest absolute Gasteiger partial charge is 0.349 e. The van der Waals surface area contributed by atoms with E-state index < -0.39 is 17.4 Å². The van der Waals surface area contributed by atoms with Crippen LogP contribution < -0.4 is 16.3 Å². The normalized spacial score (nSPS) is 10.7. The lowest BCUT2D eigenvalue weighted by molar-refractivity contribution is 0.0897. The van der Waals surface area contributed by atoms with Gasteiger partial charge in [-0.1, -0.05) is 53.7 Å². The summed E-state index contributed by atoms with van der Waals surface area (Å²) in [4.78, 5) is 40.4. The maximum absolute atomic E-state index is 12.3. The van der Waals surface area contributed by atoms with Gasteiger partial charge in [0.2, 0.25) is 5.82 Å². The lowest BCUT2D eigenvalue weighted by Gasteiger charge is -2.05. The quantitative estimate of drug-likeness (QED) is 0.372. The van der Waals surface area contributed by atoms with Crippen molar-refractivity contribution in [2.24, 2.45) is 0 Å². The minimum atomic E-state index is -0.727. The van der Waals surface area contributed by atoms with E-state index in [0.29, 0.717) is 16.8 Å². The highest BCUT2D eigenvalue weighted by Crippen LogP contribution is 2.14. The first-order chi connectivity index (χ1) is 14.6. The monoisotopic (exact) mass is 404 g/mol. The van der Waals surface area contributed by atoms with Crippen LogP contribution >= 0.6 is 0 Å². The SMILES string of the molecule is O=C(NCCNC(=O)c1cc2ccccc2oc1=O)c1nc(-c2ccccc2)no1. The molecule has 0 aliphatic heterocycles. The maximum Gasteiger partial charge on any atom is 0.349 e. The number of para-hydroxylation sites is 1. The molecule has 2 heterocycles. The van der Waals surface area contributed by atoms with Crippen molar-refractivity contribution in [3.8, 4) is 11.4 Å². The fourth-order valence-corrected chi connectivity index (χ4v) is 2.76. The predicted octanol–water partition coefficient (Wildman–Crippen LogP) is 2.00. The van der Waals surface area contributed by atoms with E-state index in [9.17, 15) is 14.4 Å². The van der Waals surface area contributed by atoms with Gasteiger partial charge in [-0.3, -0.25) is 9.59 Å². The first-order valence-electron chi connectivity index (χ1n) is 9.10. The van der Waals surface area contributed by atoms with Crippen molar-refractivity contribution in [3.05, 3.63) is 82.5 Å². The van der Waals surface area contributed by atoms with Crippen LogP contribution in [-0.2, 0) is 0 Å².